The molecule has 732 valence electrons. The van der Waals surface area contributed by atoms with Crippen molar-refractivity contribution in [3.63, 3.8) is 0 Å². The van der Waals surface area contributed by atoms with Crippen LogP contribution < -0.4 is 0 Å². The maximum atomic E-state index is 6.56. The zero-order valence-corrected chi connectivity index (χ0v) is 83.6. The molecule has 14 heteroatoms. The van der Waals surface area contributed by atoms with E-state index >= 15 is 0 Å². The molecule has 7 heterocycles. The first-order chi connectivity index (χ1) is 62.6. The van der Waals surface area contributed by atoms with Crippen LogP contribution in [0.1, 0.15) is 351 Å². The molecular weight excluding hydrogens is 1610 g/mol. The third-order valence-electron chi connectivity index (χ3n) is 45.0. The average molecular weight is 1790 g/mol. The van der Waals surface area contributed by atoms with Crippen molar-refractivity contribution in [3.05, 3.63) is 12.2 Å². The highest BCUT2D eigenvalue weighted by Crippen LogP contribution is 2.71. The first-order valence-electron chi connectivity index (χ1n) is 56.7. The summed E-state index contributed by atoms with van der Waals surface area (Å²) >= 11 is 0. The standard InChI is InChI=1S/C21H32O2.C18H30O2.C17H26O2.C16H26O2.C16H28O2.C14H24O2.C13H22O2/c1-4-18-19(23-18)7-12(1)11-22-6-5-13-8-16-10-17(13)21-15-3-2-14(9-15)20(16)21;1-2-17(12-20-13-17)11-19-4-3-18-8-14-5-15(9-18)7-16(6-14)10-18;1-17-8-7-12(9-16(17)19-17)11-18-15-6-5-13-3-2-4-14(13)10-15;1-2-15(9-17-10-15)11-18-16-6-12-3-13(7-16)5-14(4-12)8-16;1-5-16(9-17-10-16)11-18-13-8-12-6-7-15(13,4)14(12,2)3;1-2-14(9-16-10-14)8-15-7-13-6-11-3-4-12(13)5-11;1-2-13(7-14-8-13)9-15-12-6-10-3-4-11(12)5-10/h12-21H,1-11H2;14-16H,2-13H2,1H3;2-3,12-16H,4-11H2,1H3;12-14H,2-11H2,1H3;12-13H,5-11H2,1-4H3;11-13H,2-10H2,1H3;10-12H,2-9H2,1H3. The van der Waals surface area contributed by atoms with Gasteiger partial charge in [0, 0.05) is 60.1 Å². The van der Waals surface area contributed by atoms with Crippen molar-refractivity contribution >= 4 is 0 Å². The smallest absolute Gasteiger partial charge is 0.0920 e. The van der Waals surface area contributed by atoms with Crippen molar-refractivity contribution in [1.82, 2.24) is 0 Å². The van der Waals surface area contributed by atoms with E-state index in [-0.39, 0.29) is 11.2 Å². The van der Waals surface area contributed by atoms with Gasteiger partial charge in [-0.05, 0) is 442 Å². The monoisotopic (exact) mass is 1790 g/mol. The number of fused-ring (bicyclic) bond motifs is 18. The highest BCUT2D eigenvalue weighted by atomic mass is 16.6. The fraction of sp³-hybridized carbons (Fsp3) is 0.983. The Balaban J connectivity index is 0.0000000916. The zero-order chi connectivity index (χ0) is 88.0. The predicted molar refractivity (Wildman–Crippen MR) is 508 cm³/mol. The first kappa shape index (κ1) is 94.4. The van der Waals surface area contributed by atoms with Crippen LogP contribution in [0.4, 0.5) is 0 Å². The number of ether oxygens (including phenoxy) is 14. The van der Waals surface area contributed by atoms with E-state index in [0.717, 1.165) is 262 Å². The molecule has 28 fully saturated rings. The number of hydrogen-bond acceptors (Lipinski definition) is 14. The summed E-state index contributed by atoms with van der Waals surface area (Å²) in [4.78, 5) is 0. The van der Waals surface area contributed by atoms with Crippen molar-refractivity contribution in [1.29, 1.82) is 0 Å². The lowest BCUT2D eigenvalue weighted by atomic mass is 9.49. The van der Waals surface area contributed by atoms with E-state index in [0.29, 0.717) is 79.9 Å². The molecule has 22 aliphatic carbocycles. The molecule has 25 atom stereocenters. The largest absolute Gasteiger partial charge is 0.381 e. The van der Waals surface area contributed by atoms with Crippen molar-refractivity contribution in [2.45, 2.75) is 399 Å². The molecule has 7 saturated heterocycles. The van der Waals surface area contributed by atoms with E-state index in [1.165, 1.54) is 243 Å². The molecule has 0 spiro atoms. The van der Waals surface area contributed by atoms with Crippen molar-refractivity contribution in [3.8, 4) is 0 Å². The summed E-state index contributed by atoms with van der Waals surface area (Å²) in [6, 6.07) is 0. The highest BCUT2D eigenvalue weighted by molar-refractivity contribution is 5.14. The van der Waals surface area contributed by atoms with Crippen molar-refractivity contribution in [2.24, 2.45) is 179 Å². The number of rotatable bonds is 31. The molecule has 25 unspecified atom stereocenters. The Labute approximate surface area is 784 Å². The van der Waals surface area contributed by atoms with Gasteiger partial charge in [0.1, 0.15) is 0 Å². The fourth-order valence-electron chi connectivity index (χ4n) is 35.6. The number of hydrogen-bond donors (Lipinski definition) is 0. The molecule has 7 aliphatic heterocycles. The normalized spacial score (nSPS) is 47.6. The average Bonchev–Trinajstić information content (AvgIpc) is 1.57. The Hall–Kier alpha value is -0.820. The van der Waals surface area contributed by atoms with Gasteiger partial charge in [0.2, 0.25) is 0 Å². The van der Waals surface area contributed by atoms with Gasteiger partial charge in [-0.25, -0.2) is 0 Å². The SMILES string of the molecule is C(CC1CC2CC1C1C3CCC(C3)C21)OCC1CCC2OC2C1.CC12CCC(COC3CCC4C=CCC4C3)CC1O2.CCC1(COC23CC4CC(CC(C4)C2)C3)COC1.CCC1(COC2CC3CCC2(C)C3(C)C)COC1.CCC1(COC2CC3CCC2C3)COC1.CCC1(COCC2CC3CCC2C3)COC1.CCC1(COCCC23CC4CC(CC(C4)C2)C3)COC1. The molecule has 0 N–H and O–H groups in total. The van der Waals surface area contributed by atoms with Crippen molar-refractivity contribution in [2.75, 3.05) is 132 Å². The van der Waals surface area contributed by atoms with Crippen LogP contribution in [-0.4, -0.2) is 180 Å². The van der Waals surface area contributed by atoms with Gasteiger partial charge in [-0.1, -0.05) is 74.0 Å². The maximum absolute atomic E-state index is 6.56. The quantitative estimate of drug-likeness (QED) is 0.0282. The summed E-state index contributed by atoms with van der Waals surface area (Å²) < 4.78 is 81.8. The second kappa shape index (κ2) is 39.2. The Bertz CT molecular complexity index is 3550. The van der Waals surface area contributed by atoms with Gasteiger partial charge >= 0.3 is 0 Å². The van der Waals surface area contributed by atoms with Crippen LogP contribution >= 0.6 is 0 Å². The van der Waals surface area contributed by atoms with Gasteiger partial charge in [-0.2, -0.15) is 0 Å². The molecule has 0 radical (unpaired) electrons. The van der Waals surface area contributed by atoms with E-state index in [2.05, 4.69) is 74.5 Å². The van der Waals surface area contributed by atoms with Gasteiger partial charge in [0.15, 0.2) is 0 Å². The van der Waals surface area contributed by atoms with Crippen LogP contribution in [0.2, 0.25) is 0 Å². The van der Waals surface area contributed by atoms with Gasteiger partial charge < -0.3 is 66.3 Å². The minimum Gasteiger partial charge on any atom is -0.381 e. The highest BCUT2D eigenvalue weighted by Gasteiger charge is 2.65. The molecule has 21 saturated carbocycles. The molecular formula is C115H188O14. The van der Waals surface area contributed by atoms with Crippen LogP contribution in [0.15, 0.2) is 12.2 Å². The second-order valence-electron chi connectivity index (χ2n) is 53.5. The zero-order valence-electron chi connectivity index (χ0n) is 83.6. The second-order valence-corrected chi connectivity index (χ2v) is 53.5. The molecule has 29 rings (SSSR count). The minimum absolute atomic E-state index is 0.254. The first-order valence-corrected chi connectivity index (χ1v) is 56.7. The Morgan fingerprint density at radius 1 is 0.380 bits per heavy atom. The van der Waals surface area contributed by atoms with Gasteiger partial charge in [-0.3, -0.25) is 0 Å². The van der Waals surface area contributed by atoms with Crippen molar-refractivity contribution < 1.29 is 66.3 Å². The van der Waals surface area contributed by atoms with Gasteiger partial charge in [0.05, 0.1) is 147 Å². The Morgan fingerprint density at radius 3 is 1.52 bits per heavy atom. The fourth-order valence-corrected chi connectivity index (χ4v) is 35.6. The van der Waals surface area contributed by atoms with Crippen LogP contribution in [0.3, 0.4) is 0 Å². The molecule has 0 aromatic rings. The summed E-state index contributed by atoms with van der Waals surface area (Å²) in [5.41, 5.74) is 3.90. The molecule has 14 nitrogen and oxygen atoms in total. The molecule has 0 amide bonds. The lowest BCUT2D eigenvalue weighted by Gasteiger charge is -2.57. The molecule has 29 aliphatic rings. The minimum atomic E-state index is 0.254. The molecule has 0 aromatic carbocycles. The molecule has 129 heavy (non-hydrogen) atoms. The molecule has 18 bridgehead atoms. The van der Waals surface area contributed by atoms with E-state index in [9.17, 15) is 0 Å². The lowest BCUT2D eigenvalue weighted by molar-refractivity contribution is -0.217. The van der Waals surface area contributed by atoms with Crippen LogP contribution in [-0.2, 0) is 66.3 Å². The Kier molecular flexibility index (Phi) is 28.7. The van der Waals surface area contributed by atoms with E-state index in [1.54, 1.807) is 51.4 Å². The lowest BCUT2D eigenvalue weighted by Crippen LogP contribution is -2.55. The van der Waals surface area contributed by atoms with Gasteiger partial charge in [0.25, 0.3) is 0 Å². The van der Waals surface area contributed by atoms with Crippen LogP contribution in [0, 0.1) is 179 Å². The van der Waals surface area contributed by atoms with Gasteiger partial charge in [-0.15, -0.1) is 0 Å². The van der Waals surface area contributed by atoms with E-state index < -0.39 is 0 Å². The molecule has 0 aromatic heterocycles. The van der Waals surface area contributed by atoms with Crippen LogP contribution in [0.5, 0.6) is 0 Å². The van der Waals surface area contributed by atoms with Crippen LogP contribution in [0.25, 0.3) is 0 Å². The summed E-state index contributed by atoms with van der Waals surface area (Å²) in [7, 11) is 0. The summed E-state index contributed by atoms with van der Waals surface area (Å²) in [6.45, 7) is 39.8. The maximum Gasteiger partial charge on any atom is 0.0920 e. The summed E-state index contributed by atoms with van der Waals surface area (Å²) in [5.74, 6) is 23.0. The van der Waals surface area contributed by atoms with E-state index in [4.69, 9.17) is 66.3 Å². The third-order valence-corrected chi connectivity index (χ3v) is 45.0. The summed E-state index contributed by atoms with van der Waals surface area (Å²) in [5, 5.41) is 0. The number of allylic oxidation sites excluding steroid dienone is 2. The Morgan fingerprint density at radius 2 is 0.961 bits per heavy atom. The number of epoxide rings is 2. The topological polar surface area (TPSA) is 136 Å². The third kappa shape index (κ3) is 20.2. The predicted octanol–water partition coefficient (Wildman–Crippen LogP) is 24.5. The summed E-state index contributed by atoms with van der Waals surface area (Å²) in [6.07, 6.45) is 71.1. The van der Waals surface area contributed by atoms with E-state index in [1.807, 2.05) is 0 Å².